The summed E-state index contributed by atoms with van der Waals surface area (Å²) in [5.74, 6) is 0. The third-order valence-electron chi connectivity index (χ3n) is 2.77. The Hall–Kier alpha value is -2.34. The van der Waals surface area contributed by atoms with Crippen LogP contribution in [-0.4, -0.2) is 26.0 Å². The Kier molecular flexibility index (Phi) is 3.39. The Balaban J connectivity index is 2.15. The highest BCUT2D eigenvalue weighted by Crippen LogP contribution is 2.24. The molecular weight excluding hydrogens is 320 g/mol. The SMILES string of the molecule is O=Cc1cn(-c2ccccc2Br)nc1-c1cnccn1. The van der Waals surface area contributed by atoms with Crippen molar-refractivity contribution in [3.8, 4) is 17.1 Å². The molecule has 0 saturated heterocycles. The molecule has 0 amide bonds. The van der Waals surface area contributed by atoms with Crippen LogP contribution in [0.2, 0.25) is 0 Å². The zero-order chi connectivity index (χ0) is 13.9. The zero-order valence-corrected chi connectivity index (χ0v) is 11.9. The Morgan fingerprint density at radius 3 is 2.75 bits per heavy atom. The van der Waals surface area contributed by atoms with Crippen LogP contribution in [0.25, 0.3) is 17.1 Å². The molecule has 0 fully saturated rings. The van der Waals surface area contributed by atoms with Gasteiger partial charge in [0.1, 0.15) is 11.4 Å². The normalized spacial score (nSPS) is 10.4. The molecule has 5 nitrogen and oxygen atoms in total. The molecule has 1 aromatic carbocycles. The summed E-state index contributed by atoms with van der Waals surface area (Å²) < 4.78 is 2.54. The number of nitrogens with zero attached hydrogens (tertiary/aromatic N) is 4. The standard InChI is InChI=1S/C14H9BrN4O/c15-11-3-1-2-4-13(11)19-8-10(9-20)14(18-19)12-7-16-5-6-17-12/h1-9H. The van der Waals surface area contributed by atoms with Crippen LogP contribution in [0.15, 0.2) is 53.5 Å². The molecule has 20 heavy (non-hydrogen) atoms. The predicted octanol–water partition coefficient (Wildman–Crippen LogP) is 2.90. The number of carbonyl (C=O) groups is 1. The molecular formula is C14H9BrN4O. The summed E-state index contributed by atoms with van der Waals surface area (Å²) in [6, 6.07) is 7.65. The van der Waals surface area contributed by atoms with Crippen LogP contribution in [0, 0.1) is 0 Å². The van der Waals surface area contributed by atoms with E-state index in [1.807, 2.05) is 24.3 Å². The van der Waals surface area contributed by atoms with Crippen molar-refractivity contribution in [2.45, 2.75) is 0 Å². The van der Waals surface area contributed by atoms with E-state index in [-0.39, 0.29) is 0 Å². The Morgan fingerprint density at radius 1 is 1.20 bits per heavy atom. The Bertz CT molecular complexity index is 755. The van der Waals surface area contributed by atoms with Crippen LogP contribution in [0.4, 0.5) is 0 Å². The molecule has 0 atom stereocenters. The van der Waals surface area contributed by atoms with Gasteiger partial charge in [-0.2, -0.15) is 5.10 Å². The summed E-state index contributed by atoms with van der Waals surface area (Å²) in [4.78, 5) is 19.4. The summed E-state index contributed by atoms with van der Waals surface area (Å²) in [6.07, 6.45) is 7.18. The van der Waals surface area contributed by atoms with Gasteiger partial charge in [0.05, 0.1) is 17.4 Å². The van der Waals surface area contributed by atoms with Crippen LogP contribution >= 0.6 is 15.9 Å². The highest BCUT2D eigenvalue weighted by molar-refractivity contribution is 9.10. The maximum atomic E-state index is 11.2. The van der Waals surface area contributed by atoms with Gasteiger partial charge in [-0.1, -0.05) is 12.1 Å². The second-order valence-corrected chi connectivity index (χ2v) is 4.89. The summed E-state index contributed by atoms with van der Waals surface area (Å²) in [7, 11) is 0. The van der Waals surface area contributed by atoms with Crippen molar-refractivity contribution < 1.29 is 4.79 Å². The van der Waals surface area contributed by atoms with Crippen molar-refractivity contribution in [3.05, 3.63) is 59.1 Å². The smallest absolute Gasteiger partial charge is 0.153 e. The van der Waals surface area contributed by atoms with Gasteiger partial charge in [-0.25, -0.2) is 4.68 Å². The topological polar surface area (TPSA) is 60.7 Å². The lowest BCUT2D eigenvalue weighted by Crippen LogP contribution is -1.96. The Morgan fingerprint density at radius 2 is 2.05 bits per heavy atom. The highest BCUT2D eigenvalue weighted by atomic mass is 79.9. The molecule has 0 unspecified atom stereocenters. The second kappa shape index (κ2) is 5.34. The van der Waals surface area contributed by atoms with Gasteiger partial charge in [0.25, 0.3) is 0 Å². The minimum Gasteiger partial charge on any atom is -0.298 e. The molecule has 0 spiro atoms. The molecule has 0 bridgehead atoms. The van der Waals surface area contributed by atoms with Crippen LogP contribution in [0.5, 0.6) is 0 Å². The van der Waals surface area contributed by atoms with Crippen LogP contribution < -0.4 is 0 Å². The first-order valence-corrected chi connectivity index (χ1v) is 6.65. The fourth-order valence-electron chi connectivity index (χ4n) is 1.85. The monoisotopic (exact) mass is 328 g/mol. The number of hydrogen-bond donors (Lipinski definition) is 0. The molecule has 6 heteroatoms. The summed E-state index contributed by atoms with van der Waals surface area (Å²) in [5, 5.41) is 4.44. The molecule has 98 valence electrons. The number of para-hydroxylation sites is 1. The van der Waals surface area contributed by atoms with Gasteiger partial charge in [0.2, 0.25) is 0 Å². The molecule has 3 aromatic rings. The number of aromatic nitrogens is 4. The molecule has 0 aliphatic carbocycles. The molecule has 3 rings (SSSR count). The van der Waals surface area contributed by atoms with Crippen LogP contribution in [0.3, 0.4) is 0 Å². The number of halogens is 1. The molecule has 2 heterocycles. The van der Waals surface area contributed by atoms with E-state index in [4.69, 9.17) is 0 Å². The predicted molar refractivity (Wildman–Crippen MR) is 77.7 cm³/mol. The van der Waals surface area contributed by atoms with E-state index < -0.39 is 0 Å². The maximum absolute atomic E-state index is 11.2. The number of aldehydes is 1. The molecule has 0 saturated carbocycles. The first-order valence-electron chi connectivity index (χ1n) is 5.86. The lowest BCUT2D eigenvalue weighted by molar-refractivity contribution is 0.112. The number of rotatable bonds is 3. The number of hydrogen-bond acceptors (Lipinski definition) is 4. The maximum Gasteiger partial charge on any atom is 0.153 e. The average molecular weight is 329 g/mol. The first-order chi connectivity index (χ1) is 9.79. The number of benzene rings is 1. The summed E-state index contributed by atoms with van der Waals surface area (Å²) in [5.41, 5.74) is 2.41. The van der Waals surface area contributed by atoms with E-state index >= 15 is 0 Å². The third-order valence-corrected chi connectivity index (χ3v) is 3.45. The van der Waals surface area contributed by atoms with Crippen molar-refractivity contribution in [2.24, 2.45) is 0 Å². The first kappa shape index (κ1) is 12.7. The minimum absolute atomic E-state index is 0.473. The fraction of sp³-hybridized carbons (Fsp3) is 0. The lowest BCUT2D eigenvalue weighted by Gasteiger charge is -2.03. The Labute approximate surface area is 123 Å². The average Bonchev–Trinajstić information content (AvgIpc) is 2.92. The molecule has 0 aliphatic heterocycles. The number of carbonyl (C=O) groups excluding carboxylic acids is 1. The summed E-state index contributed by atoms with van der Waals surface area (Å²) in [6.45, 7) is 0. The third kappa shape index (κ3) is 2.25. The fourth-order valence-corrected chi connectivity index (χ4v) is 2.32. The van der Waals surface area contributed by atoms with Crippen LogP contribution in [-0.2, 0) is 0 Å². The van der Waals surface area contributed by atoms with Crippen LogP contribution in [0.1, 0.15) is 10.4 Å². The summed E-state index contributed by atoms with van der Waals surface area (Å²) >= 11 is 3.47. The minimum atomic E-state index is 0.473. The van der Waals surface area contributed by atoms with E-state index in [1.54, 1.807) is 29.5 Å². The van der Waals surface area contributed by atoms with E-state index in [9.17, 15) is 4.79 Å². The van der Waals surface area contributed by atoms with Gasteiger partial charge in [-0.05, 0) is 28.1 Å². The quantitative estimate of drug-likeness (QED) is 0.693. The van der Waals surface area contributed by atoms with E-state index in [1.165, 1.54) is 0 Å². The van der Waals surface area contributed by atoms with Gasteiger partial charge in [-0.3, -0.25) is 14.8 Å². The van der Waals surface area contributed by atoms with E-state index in [0.717, 1.165) is 16.4 Å². The lowest BCUT2D eigenvalue weighted by atomic mass is 10.2. The van der Waals surface area contributed by atoms with Crippen molar-refractivity contribution >= 4 is 22.2 Å². The van der Waals surface area contributed by atoms with Gasteiger partial charge in [-0.15, -0.1) is 0 Å². The van der Waals surface area contributed by atoms with Gasteiger partial charge in [0, 0.05) is 23.1 Å². The van der Waals surface area contributed by atoms with Gasteiger partial charge >= 0.3 is 0 Å². The second-order valence-electron chi connectivity index (χ2n) is 4.04. The molecule has 2 aromatic heterocycles. The van der Waals surface area contributed by atoms with E-state index in [2.05, 4.69) is 31.0 Å². The van der Waals surface area contributed by atoms with Gasteiger partial charge < -0.3 is 0 Å². The largest absolute Gasteiger partial charge is 0.298 e. The zero-order valence-electron chi connectivity index (χ0n) is 10.3. The van der Waals surface area contributed by atoms with Crippen molar-refractivity contribution in [1.29, 1.82) is 0 Å². The highest BCUT2D eigenvalue weighted by Gasteiger charge is 2.13. The molecule has 0 aliphatic rings. The van der Waals surface area contributed by atoms with Crippen molar-refractivity contribution in [1.82, 2.24) is 19.7 Å². The molecule has 0 radical (unpaired) electrons. The van der Waals surface area contributed by atoms with Crippen molar-refractivity contribution in [2.75, 3.05) is 0 Å². The van der Waals surface area contributed by atoms with Crippen molar-refractivity contribution in [3.63, 3.8) is 0 Å². The molecule has 0 N–H and O–H groups in total. The van der Waals surface area contributed by atoms with Gasteiger partial charge in [0.15, 0.2) is 6.29 Å². The van der Waals surface area contributed by atoms with E-state index in [0.29, 0.717) is 17.0 Å².